The molecule has 0 saturated heterocycles. The molecule has 36 heavy (non-hydrogen) atoms. The van der Waals surface area contributed by atoms with Crippen LogP contribution in [-0.4, -0.2) is 46.9 Å². The second kappa shape index (κ2) is 10.5. The van der Waals surface area contributed by atoms with E-state index in [1.165, 1.54) is 6.21 Å². The molecule has 0 aliphatic heterocycles. The quantitative estimate of drug-likeness (QED) is 0.265. The zero-order valence-electron chi connectivity index (χ0n) is 20.7. The summed E-state index contributed by atoms with van der Waals surface area (Å²) in [5.41, 5.74) is 4.99. The summed E-state index contributed by atoms with van der Waals surface area (Å²) in [5, 5.41) is 8.64. The third-order valence-electron chi connectivity index (χ3n) is 5.40. The van der Waals surface area contributed by atoms with Crippen molar-refractivity contribution in [1.29, 1.82) is 0 Å². The van der Waals surface area contributed by atoms with Crippen LogP contribution in [0.4, 0.5) is 4.79 Å². The van der Waals surface area contributed by atoms with Crippen molar-refractivity contribution in [1.82, 2.24) is 20.7 Å². The summed E-state index contributed by atoms with van der Waals surface area (Å²) < 4.78 is 10.6. The number of aromatic amines is 1. The Labute approximate surface area is 208 Å². The van der Waals surface area contributed by atoms with Crippen molar-refractivity contribution in [3.8, 4) is 5.75 Å². The molecule has 0 aliphatic rings. The largest absolute Gasteiger partial charge is 0.497 e. The average molecular weight is 488 g/mol. The monoisotopic (exact) mass is 487 g/mol. The number of nitrogens with one attached hydrogen (secondary N) is 3. The number of para-hydroxylation sites is 1. The van der Waals surface area contributed by atoms with Gasteiger partial charge in [-0.2, -0.15) is 5.10 Å². The van der Waals surface area contributed by atoms with Gasteiger partial charge in [0.15, 0.2) is 0 Å². The number of hydrazone groups is 1. The summed E-state index contributed by atoms with van der Waals surface area (Å²) in [7, 11) is 1.61. The molecule has 0 bridgehead atoms. The van der Waals surface area contributed by atoms with Crippen LogP contribution in [0.3, 0.4) is 0 Å². The van der Waals surface area contributed by atoms with Gasteiger partial charge in [-0.25, -0.2) is 15.2 Å². The molecule has 1 unspecified atom stereocenters. The molecule has 0 saturated carbocycles. The maximum absolute atomic E-state index is 13.0. The van der Waals surface area contributed by atoms with Crippen molar-refractivity contribution in [3.05, 3.63) is 72.1 Å². The summed E-state index contributed by atoms with van der Waals surface area (Å²) in [5.74, 6) is 0.268. The van der Waals surface area contributed by atoms with Crippen LogP contribution in [0.25, 0.3) is 21.8 Å². The molecule has 2 heterocycles. The van der Waals surface area contributed by atoms with Gasteiger partial charge in [-0.15, -0.1) is 0 Å². The van der Waals surface area contributed by atoms with E-state index in [9.17, 15) is 9.59 Å². The summed E-state index contributed by atoms with van der Waals surface area (Å²) in [6.07, 6.45) is 2.86. The highest BCUT2D eigenvalue weighted by Gasteiger charge is 2.25. The Bertz CT molecular complexity index is 1420. The SMILES string of the molecule is COc1ccc2nc(C=NNC(=O)C(Cc3c[nH]c4ccccc34)NC(=O)OC(C)(C)C)ccc2c1. The third kappa shape index (κ3) is 6.18. The minimum atomic E-state index is -0.909. The number of pyridine rings is 1. The number of rotatable bonds is 7. The van der Waals surface area contributed by atoms with E-state index in [1.807, 2.05) is 54.7 Å². The van der Waals surface area contributed by atoms with Crippen molar-refractivity contribution < 1.29 is 19.1 Å². The van der Waals surface area contributed by atoms with Gasteiger partial charge in [0.25, 0.3) is 5.91 Å². The van der Waals surface area contributed by atoms with Gasteiger partial charge in [-0.3, -0.25) is 4.79 Å². The molecular weight excluding hydrogens is 458 g/mol. The Balaban J connectivity index is 1.49. The number of alkyl carbamates (subject to hydrolysis) is 1. The fraction of sp³-hybridized carbons (Fsp3) is 0.259. The topological polar surface area (TPSA) is 118 Å². The number of methoxy groups -OCH3 is 1. The number of nitrogens with zero attached hydrogens (tertiary/aromatic N) is 2. The third-order valence-corrected chi connectivity index (χ3v) is 5.40. The van der Waals surface area contributed by atoms with E-state index in [0.29, 0.717) is 5.69 Å². The number of ether oxygens (including phenoxy) is 2. The van der Waals surface area contributed by atoms with Crippen LogP contribution >= 0.6 is 0 Å². The first-order chi connectivity index (χ1) is 17.2. The van der Waals surface area contributed by atoms with E-state index in [1.54, 1.807) is 33.9 Å². The highest BCUT2D eigenvalue weighted by molar-refractivity contribution is 5.90. The van der Waals surface area contributed by atoms with E-state index in [2.05, 4.69) is 25.8 Å². The van der Waals surface area contributed by atoms with Crippen LogP contribution in [0.2, 0.25) is 0 Å². The molecule has 2 aromatic heterocycles. The van der Waals surface area contributed by atoms with Crippen LogP contribution in [0.15, 0.2) is 65.9 Å². The number of carbonyl (C=O) groups is 2. The zero-order valence-corrected chi connectivity index (χ0v) is 20.7. The van der Waals surface area contributed by atoms with Crippen LogP contribution in [0.5, 0.6) is 5.75 Å². The molecule has 2 aromatic carbocycles. The molecule has 4 aromatic rings. The predicted octanol–water partition coefficient (Wildman–Crippen LogP) is 4.31. The number of carbonyl (C=O) groups excluding carboxylic acids is 2. The number of hydrogen-bond donors (Lipinski definition) is 3. The minimum Gasteiger partial charge on any atom is -0.497 e. The summed E-state index contributed by atoms with van der Waals surface area (Å²) in [6.45, 7) is 5.29. The average Bonchev–Trinajstić information content (AvgIpc) is 3.25. The Morgan fingerprint density at radius 3 is 2.72 bits per heavy atom. The lowest BCUT2D eigenvalue weighted by molar-refractivity contribution is -0.123. The van der Waals surface area contributed by atoms with Crippen molar-refractivity contribution in [2.45, 2.75) is 38.8 Å². The molecule has 4 rings (SSSR count). The number of H-pyrrole nitrogens is 1. The maximum atomic E-state index is 13.0. The predicted molar refractivity (Wildman–Crippen MR) is 139 cm³/mol. The molecule has 1 atom stereocenters. The highest BCUT2D eigenvalue weighted by atomic mass is 16.6. The van der Waals surface area contributed by atoms with E-state index in [0.717, 1.165) is 33.1 Å². The van der Waals surface area contributed by atoms with Crippen molar-refractivity contribution in [2.75, 3.05) is 7.11 Å². The summed E-state index contributed by atoms with van der Waals surface area (Å²) >= 11 is 0. The first-order valence-electron chi connectivity index (χ1n) is 11.5. The van der Waals surface area contributed by atoms with Crippen LogP contribution in [-0.2, 0) is 16.0 Å². The number of fused-ring (bicyclic) bond motifs is 2. The maximum Gasteiger partial charge on any atom is 0.408 e. The van der Waals surface area contributed by atoms with Gasteiger partial charge in [0.2, 0.25) is 0 Å². The van der Waals surface area contributed by atoms with Crippen LogP contribution in [0.1, 0.15) is 32.0 Å². The second-order valence-electron chi connectivity index (χ2n) is 9.29. The number of hydrogen-bond acceptors (Lipinski definition) is 6. The molecular formula is C27H29N5O4. The fourth-order valence-electron chi connectivity index (χ4n) is 3.74. The molecule has 9 heteroatoms. The molecule has 0 fully saturated rings. The van der Waals surface area contributed by atoms with Crippen LogP contribution < -0.4 is 15.5 Å². The van der Waals surface area contributed by atoms with Gasteiger partial charge in [-0.05, 0) is 56.7 Å². The minimum absolute atomic E-state index is 0.251. The Morgan fingerprint density at radius 2 is 1.94 bits per heavy atom. The standard InChI is InChI=1S/C27H29N5O4/c1-27(2,3)36-26(34)31-24(14-18-15-28-23-8-6-5-7-21(18)23)25(33)32-29-16-19-10-9-17-13-20(35-4)11-12-22(17)30-19/h5-13,15-16,24,28H,14H2,1-4H3,(H,31,34)(H,32,33). The molecule has 0 aliphatic carbocycles. The van der Waals surface area contributed by atoms with E-state index in [-0.39, 0.29) is 6.42 Å². The van der Waals surface area contributed by atoms with E-state index < -0.39 is 23.6 Å². The van der Waals surface area contributed by atoms with Gasteiger partial charge in [0, 0.05) is 28.9 Å². The number of amides is 2. The van der Waals surface area contributed by atoms with Gasteiger partial charge >= 0.3 is 6.09 Å². The smallest absolute Gasteiger partial charge is 0.408 e. The van der Waals surface area contributed by atoms with Crippen molar-refractivity contribution in [2.24, 2.45) is 5.10 Å². The summed E-state index contributed by atoms with van der Waals surface area (Å²) in [4.78, 5) is 33.2. The second-order valence-corrected chi connectivity index (χ2v) is 9.29. The Hall–Kier alpha value is -4.40. The summed E-state index contributed by atoms with van der Waals surface area (Å²) in [6, 6.07) is 16.1. The van der Waals surface area contributed by atoms with Crippen molar-refractivity contribution >= 4 is 40.0 Å². The fourth-order valence-corrected chi connectivity index (χ4v) is 3.74. The molecule has 0 spiro atoms. The molecule has 9 nitrogen and oxygen atoms in total. The Kier molecular flexibility index (Phi) is 7.19. The van der Waals surface area contributed by atoms with Gasteiger partial charge in [0.05, 0.1) is 24.5 Å². The zero-order chi connectivity index (χ0) is 25.7. The van der Waals surface area contributed by atoms with Crippen molar-refractivity contribution in [3.63, 3.8) is 0 Å². The lowest BCUT2D eigenvalue weighted by Crippen LogP contribution is -2.48. The first kappa shape index (κ1) is 24.7. The Morgan fingerprint density at radius 1 is 1.14 bits per heavy atom. The molecule has 186 valence electrons. The number of benzene rings is 2. The highest BCUT2D eigenvalue weighted by Crippen LogP contribution is 2.20. The van der Waals surface area contributed by atoms with Gasteiger partial charge in [0.1, 0.15) is 17.4 Å². The molecule has 0 radical (unpaired) electrons. The lowest BCUT2D eigenvalue weighted by Gasteiger charge is -2.22. The van der Waals surface area contributed by atoms with Gasteiger partial charge in [-0.1, -0.05) is 24.3 Å². The van der Waals surface area contributed by atoms with E-state index >= 15 is 0 Å². The lowest BCUT2D eigenvalue weighted by atomic mass is 10.0. The van der Waals surface area contributed by atoms with Crippen LogP contribution in [0, 0.1) is 0 Å². The molecule has 2 amide bonds. The molecule has 3 N–H and O–H groups in total. The normalized spacial score (nSPS) is 12.6. The first-order valence-corrected chi connectivity index (χ1v) is 11.5. The van der Waals surface area contributed by atoms with E-state index in [4.69, 9.17) is 9.47 Å². The number of aromatic nitrogens is 2. The van der Waals surface area contributed by atoms with Gasteiger partial charge < -0.3 is 19.8 Å².